The van der Waals surface area contributed by atoms with Gasteiger partial charge in [0.15, 0.2) is 0 Å². The summed E-state index contributed by atoms with van der Waals surface area (Å²) in [6.45, 7) is -0.563. The van der Waals surface area contributed by atoms with Crippen LogP contribution in [0.3, 0.4) is 0 Å². The molecule has 4 amide bonds. The van der Waals surface area contributed by atoms with Crippen molar-refractivity contribution in [3.05, 3.63) is 0 Å². The first-order chi connectivity index (χ1) is 17.4. The molecule has 2 heterocycles. The van der Waals surface area contributed by atoms with E-state index < -0.39 is 42.8 Å². The quantitative estimate of drug-likeness (QED) is 0.0898. The fourth-order valence-electron chi connectivity index (χ4n) is 4.04. The Morgan fingerprint density at radius 3 is 2.27 bits per heavy atom. The number of primary amides is 1. The van der Waals surface area contributed by atoms with Gasteiger partial charge in [-0.15, -0.1) is 0 Å². The van der Waals surface area contributed by atoms with E-state index in [2.05, 4.69) is 10.6 Å². The third kappa shape index (κ3) is 13.2. The van der Waals surface area contributed by atoms with E-state index in [9.17, 15) is 33.9 Å². The number of aliphatic carboxylic acids is 3. The highest BCUT2D eigenvalue weighted by Crippen LogP contribution is 2.33. The van der Waals surface area contributed by atoms with Gasteiger partial charge in [0.2, 0.25) is 11.8 Å². The van der Waals surface area contributed by atoms with E-state index in [1.54, 1.807) is 0 Å². The molecule has 2 fully saturated rings. The van der Waals surface area contributed by atoms with Gasteiger partial charge in [0.1, 0.15) is 6.54 Å². The molecule has 37 heavy (non-hydrogen) atoms. The van der Waals surface area contributed by atoms with E-state index in [-0.39, 0.29) is 29.9 Å². The van der Waals surface area contributed by atoms with Gasteiger partial charge in [-0.05, 0) is 25.7 Å². The van der Waals surface area contributed by atoms with Crippen LogP contribution in [0.5, 0.6) is 0 Å². The molecule has 2 saturated heterocycles. The second-order valence-corrected chi connectivity index (χ2v) is 10.2. The molecule has 2 aliphatic heterocycles. The molecule has 2 rings (SSSR count). The Hall–Kier alpha value is -3.07. The number of carbonyl (C=O) groups is 6. The van der Waals surface area contributed by atoms with Crippen LogP contribution in [0, 0.1) is 5.92 Å². The standard InChI is InChI=1S/C16H27N3O4S.C6H10N2O5/c17-13(20)8-3-1-2-5-10(15(21)22)6-4-7-12-14-11(9-24-12)18-16(23)19-14;7-3(1-4(9)10)6(13)8-2-5(11)12/h10-12,14H,1-9H2,(H2,17,20)(H,21,22)(H2,18,19,23);3H,1-2,7H2,(H,8,13)(H,9,10)(H,11,12)/t10?,11-,12-,14-;3-/m00/s1. The molecule has 0 saturated carbocycles. The van der Waals surface area contributed by atoms with Crippen LogP contribution in [0.4, 0.5) is 4.79 Å². The normalized spacial score (nSPS) is 21.3. The molecule has 210 valence electrons. The summed E-state index contributed by atoms with van der Waals surface area (Å²) in [6.07, 6.45) is 5.34. The lowest BCUT2D eigenvalue weighted by molar-refractivity contribution is -0.142. The molecule has 0 aliphatic carbocycles. The number of thioether (sulfide) groups is 1. The molecule has 0 aromatic heterocycles. The average molecular weight is 548 g/mol. The molecule has 0 aromatic rings. The van der Waals surface area contributed by atoms with Gasteiger partial charge in [-0.2, -0.15) is 11.8 Å². The van der Waals surface area contributed by atoms with E-state index in [1.807, 2.05) is 17.1 Å². The van der Waals surface area contributed by atoms with Crippen molar-refractivity contribution in [1.29, 1.82) is 0 Å². The van der Waals surface area contributed by atoms with Gasteiger partial charge < -0.3 is 42.7 Å². The first kappa shape index (κ1) is 32.0. The van der Waals surface area contributed by atoms with Crippen LogP contribution in [-0.2, 0) is 24.0 Å². The van der Waals surface area contributed by atoms with E-state index in [0.717, 1.165) is 37.9 Å². The molecule has 15 heteroatoms. The molecule has 2 aliphatic rings. The Balaban J connectivity index is 0.000000448. The molecule has 5 atom stereocenters. The lowest BCUT2D eigenvalue weighted by Crippen LogP contribution is -2.43. The molecule has 14 nitrogen and oxygen atoms in total. The number of hydrogen-bond acceptors (Lipinski definition) is 8. The van der Waals surface area contributed by atoms with Gasteiger partial charge in [-0.25, -0.2) is 4.79 Å². The van der Waals surface area contributed by atoms with Crippen molar-refractivity contribution in [3.8, 4) is 0 Å². The summed E-state index contributed by atoms with van der Waals surface area (Å²) in [6, 6.07) is -0.904. The van der Waals surface area contributed by atoms with Crippen molar-refractivity contribution in [2.24, 2.45) is 17.4 Å². The van der Waals surface area contributed by atoms with E-state index >= 15 is 0 Å². The Morgan fingerprint density at radius 1 is 1.00 bits per heavy atom. The van der Waals surface area contributed by atoms with Gasteiger partial charge in [0.05, 0.1) is 30.5 Å². The number of fused-ring (bicyclic) bond motifs is 1. The van der Waals surface area contributed by atoms with Crippen molar-refractivity contribution in [3.63, 3.8) is 0 Å². The topological polar surface area (TPSA) is 251 Å². The van der Waals surface area contributed by atoms with Crippen molar-refractivity contribution < 1.29 is 44.1 Å². The summed E-state index contributed by atoms with van der Waals surface area (Å²) in [5.74, 6) is -3.64. The van der Waals surface area contributed by atoms with Crippen LogP contribution in [0.2, 0.25) is 0 Å². The van der Waals surface area contributed by atoms with Crippen LogP contribution in [0.15, 0.2) is 0 Å². The Labute approximate surface area is 218 Å². The van der Waals surface area contributed by atoms with Gasteiger partial charge in [-0.3, -0.25) is 24.0 Å². The molecule has 0 bridgehead atoms. The Kier molecular flexibility index (Phi) is 14.4. The second-order valence-electron chi connectivity index (χ2n) is 8.97. The highest BCUT2D eigenvalue weighted by atomic mass is 32.2. The van der Waals surface area contributed by atoms with Gasteiger partial charge in [-0.1, -0.05) is 19.3 Å². The van der Waals surface area contributed by atoms with Crippen LogP contribution in [0.1, 0.15) is 57.8 Å². The first-order valence-corrected chi connectivity index (χ1v) is 13.1. The molecule has 0 aromatic carbocycles. The first-order valence-electron chi connectivity index (χ1n) is 12.1. The predicted octanol–water partition coefficient (Wildman–Crippen LogP) is -0.552. The van der Waals surface area contributed by atoms with Crippen molar-refractivity contribution in [2.45, 2.75) is 81.2 Å². The SMILES string of the molecule is NC(=O)CCCCCC(CCC[C@@H]1SC[C@@H]2NC(=O)N[C@@H]21)C(=O)O.N[C@@H](CC(=O)O)C(=O)NCC(=O)O. The lowest BCUT2D eigenvalue weighted by atomic mass is 9.93. The lowest BCUT2D eigenvalue weighted by Gasteiger charge is -2.18. The fraction of sp³-hybridized carbons (Fsp3) is 0.727. The van der Waals surface area contributed by atoms with Crippen LogP contribution in [-0.4, -0.2) is 86.7 Å². The van der Waals surface area contributed by atoms with Gasteiger partial charge >= 0.3 is 23.9 Å². The molecular formula is C22H37N5O9S. The molecule has 1 unspecified atom stereocenters. The number of unbranched alkanes of at least 4 members (excludes halogenated alkanes) is 2. The zero-order chi connectivity index (χ0) is 28.0. The van der Waals surface area contributed by atoms with E-state index in [0.29, 0.717) is 24.5 Å². The average Bonchev–Trinajstić information content (AvgIpc) is 3.34. The smallest absolute Gasteiger partial charge is 0.322 e. The minimum atomic E-state index is -1.21. The summed E-state index contributed by atoms with van der Waals surface area (Å²) in [5.41, 5.74) is 10.2. The maximum absolute atomic E-state index is 11.4. The van der Waals surface area contributed by atoms with Crippen molar-refractivity contribution >= 4 is 47.5 Å². The number of rotatable bonds is 16. The number of nitrogens with one attached hydrogen (secondary N) is 3. The summed E-state index contributed by atoms with van der Waals surface area (Å²) >= 11 is 1.86. The zero-order valence-corrected chi connectivity index (χ0v) is 21.3. The number of carboxylic acids is 3. The van der Waals surface area contributed by atoms with E-state index in [1.165, 1.54) is 0 Å². The molecule has 0 radical (unpaired) electrons. The number of amides is 4. The maximum Gasteiger partial charge on any atom is 0.322 e. The molecule has 0 spiro atoms. The second kappa shape index (κ2) is 16.6. The Morgan fingerprint density at radius 2 is 1.68 bits per heavy atom. The predicted molar refractivity (Wildman–Crippen MR) is 134 cm³/mol. The summed E-state index contributed by atoms with van der Waals surface area (Å²) in [7, 11) is 0. The largest absolute Gasteiger partial charge is 0.481 e. The minimum absolute atomic E-state index is 0.0883. The van der Waals surface area contributed by atoms with Crippen molar-refractivity contribution in [2.75, 3.05) is 12.3 Å². The zero-order valence-electron chi connectivity index (χ0n) is 20.5. The molecule has 10 N–H and O–H groups in total. The minimum Gasteiger partial charge on any atom is -0.481 e. The third-order valence-electron chi connectivity index (χ3n) is 5.95. The third-order valence-corrected chi connectivity index (χ3v) is 7.46. The van der Waals surface area contributed by atoms with Crippen molar-refractivity contribution in [1.82, 2.24) is 16.0 Å². The Bertz CT molecular complexity index is 828. The highest BCUT2D eigenvalue weighted by Gasteiger charge is 2.42. The summed E-state index contributed by atoms with van der Waals surface area (Å²) in [4.78, 5) is 64.3. The summed E-state index contributed by atoms with van der Waals surface area (Å²) in [5, 5.41) is 33.9. The monoisotopic (exact) mass is 547 g/mol. The number of carbonyl (C=O) groups excluding carboxylic acids is 3. The fourth-order valence-corrected chi connectivity index (χ4v) is 5.58. The van der Waals surface area contributed by atoms with Crippen LogP contribution >= 0.6 is 11.8 Å². The summed E-state index contributed by atoms with van der Waals surface area (Å²) < 4.78 is 0. The van der Waals surface area contributed by atoms with Gasteiger partial charge in [0, 0.05) is 17.4 Å². The van der Waals surface area contributed by atoms with E-state index in [4.69, 9.17) is 21.7 Å². The van der Waals surface area contributed by atoms with Gasteiger partial charge in [0.25, 0.3) is 0 Å². The highest BCUT2D eigenvalue weighted by molar-refractivity contribution is 8.00. The number of carboxylic acid groups (broad SMARTS) is 3. The van der Waals surface area contributed by atoms with Crippen LogP contribution in [0.25, 0.3) is 0 Å². The number of hydrogen-bond donors (Lipinski definition) is 8. The number of urea groups is 1. The van der Waals surface area contributed by atoms with Crippen LogP contribution < -0.4 is 27.4 Å². The number of nitrogens with two attached hydrogens (primary N) is 2. The maximum atomic E-state index is 11.4. The molecular weight excluding hydrogens is 510 g/mol.